The number of fused-ring (bicyclic) bond motifs is 17. The Morgan fingerprint density at radius 2 is 0.756 bits per heavy atom. The molecule has 1 fully saturated rings. The summed E-state index contributed by atoms with van der Waals surface area (Å²) < 4.78 is 0. The Hall–Kier alpha value is -3.64. The predicted octanol–water partition coefficient (Wildman–Crippen LogP) is 10.9. The standard InChI is InChI=1S/C17H14.2C11H10.C2H6/c1-3-10-4-2-6-14-15(10)13(5-1)16-11-7-8-12(9-11)17(14)16;2*1-2-4-11-9-6-5-8(7-9)10(11)3-1;1-2/h1-8,11-12,16-17H,9H2;2*1-6,8-9H,7H2;1-2H3. The Balaban J connectivity index is 0.0000000943. The summed E-state index contributed by atoms with van der Waals surface area (Å²) in [4.78, 5) is 0. The molecule has 1 saturated carbocycles. The molecule has 0 heterocycles. The van der Waals surface area contributed by atoms with Gasteiger partial charge in [0.25, 0.3) is 0 Å². The Labute approximate surface area is 245 Å². The maximum absolute atomic E-state index is 2.47. The maximum Gasteiger partial charge on any atom is 0.00299 e. The van der Waals surface area contributed by atoms with Gasteiger partial charge in [-0.3, -0.25) is 0 Å². The summed E-state index contributed by atoms with van der Waals surface area (Å²) in [5, 5.41) is 3.01. The highest BCUT2D eigenvalue weighted by Gasteiger charge is 2.49. The number of benzene rings is 4. The van der Waals surface area contributed by atoms with Gasteiger partial charge in [0.15, 0.2) is 0 Å². The van der Waals surface area contributed by atoms with Gasteiger partial charge in [-0.2, -0.15) is 0 Å². The molecule has 0 radical (unpaired) electrons. The fourth-order valence-corrected chi connectivity index (χ4v) is 9.32. The molecule has 7 aliphatic rings. The monoisotopic (exact) mass is 532 g/mol. The van der Waals surface area contributed by atoms with Gasteiger partial charge in [0, 0.05) is 23.7 Å². The molecule has 0 aromatic heterocycles. The lowest BCUT2D eigenvalue weighted by Gasteiger charge is -2.22. The minimum absolute atomic E-state index is 0.746. The first-order valence-electron chi connectivity index (χ1n) is 16.1. The van der Waals surface area contributed by atoms with E-state index in [0.29, 0.717) is 0 Å². The van der Waals surface area contributed by atoms with Crippen molar-refractivity contribution in [1.29, 1.82) is 0 Å². The summed E-state index contributed by atoms with van der Waals surface area (Å²) in [6, 6.07) is 31.4. The summed E-state index contributed by atoms with van der Waals surface area (Å²) in [7, 11) is 0. The molecule has 0 saturated heterocycles. The molecule has 0 nitrogen and oxygen atoms in total. The van der Waals surface area contributed by atoms with Gasteiger partial charge in [0.1, 0.15) is 0 Å². The number of rotatable bonds is 0. The molecule has 204 valence electrons. The summed E-state index contributed by atoms with van der Waals surface area (Å²) in [5.74, 6) is 6.17. The molecule has 0 heteroatoms. The van der Waals surface area contributed by atoms with Crippen LogP contribution in [0.4, 0.5) is 0 Å². The van der Waals surface area contributed by atoms with Gasteiger partial charge < -0.3 is 0 Å². The second-order valence-corrected chi connectivity index (χ2v) is 12.7. The Bertz CT molecular complexity index is 1520. The summed E-state index contributed by atoms with van der Waals surface area (Å²) in [5.41, 5.74) is 9.53. The van der Waals surface area contributed by atoms with Crippen molar-refractivity contribution in [3.63, 3.8) is 0 Å². The summed E-state index contributed by atoms with van der Waals surface area (Å²) in [6.45, 7) is 4.00. The Kier molecular flexibility index (Phi) is 6.13. The molecule has 11 rings (SSSR count). The molecule has 8 unspecified atom stereocenters. The molecule has 0 aliphatic heterocycles. The van der Waals surface area contributed by atoms with Crippen LogP contribution in [0.3, 0.4) is 0 Å². The number of hydrogen-bond acceptors (Lipinski definition) is 0. The van der Waals surface area contributed by atoms with Gasteiger partial charge in [-0.05, 0) is 87.1 Å². The number of allylic oxidation sites excluding steroid dienone is 6. The third kappa shape index (κ3) is 3.87. The van der Waals surface area contributed by atoms with Crippen LogP contribution in [0.1, 0.15) is 102 Å². The lowest BCUT2D eigenvalue weighted by Crippen LogP contribution is -2.10. The zero-order valence-electron chi connectivity index (χ0n) is 24.3. The highest BCUT2D eigenvalue weighted by atomic mass is 14.5. The molecule has 7 aliphatic carbocycles. The van der Waals surface area contributed by atoms with Crippen LogP contribution < -0.4 is 0 Å². The molecular formula is C41H40. The number of hydrogen-bond donors (Lipinski definition) is 0. The molecule has 8 atom stereocenters. The quantitative estimate of drug-likeness (QED) is 0.198. The first-order valence-corrected chi connectivity index (χ1v) is 16.1. The van der Waals surface area contributed by atoms with Crippen molar-refractivity contribution in [2.24, 2.45) is 11.8 Å². The van der Waals surface area contributed by atoms with Crippen molar-refractivity contribution in [2.75, 3.05) is 0 Å². The van der Waals surface area contributed by atoms with E-state index in [4.69, 9.17) is 0 Å². The molecule has 0 spiro atoms. The summed E-state index contributed by atoms with van der Waals surface area (Å²) >= 11 is 0. The third-order valence-corrected chi connectivity index (χ3v) is 10.9. The zero-order valence-corrected chi connectivity index (χ0v) is 24.3. The van der Waals surface area contributed by atoms with E-state index in [9.17, 15) is 0 Å². The first-order chi connectivity index (χ1) is 20.3. The second-order valence-electron chi connectivity index (χ2n) is 12.7. The minimum Gasteiger partial charge on any atom is -0.0845 e. The average Bonchev–Trinajstić information content (AvgIpc) is 3.91. The van der Waals surface area contributed by atoms with Crippen LogP contribution in [-0.2, 0) is 0 Å². The van der Waals surface area contributed by atoms with Gasteiger partial charge in [0.05, 0.1) is 0 Å². The average molecular weight is 533 g/mol. The van der Waals surface area contributed by atoms with E-state index >= 15 is 0 Å². The topological polar surface area (TPSA) is 0 Å². The van der Waals surface area contributed by atoms with Crippen LogP contribution in [0.5, 0.6) is 0 Å². The van der Waals surface area contributed by atoms with Crippen LogP contribution in [0.2, 0.25) is 0 Å². The third-order valence-electron chi connectivity index (χ3n) is 10.9. The van der Waals surface area contributed by atoms with Crippen molar-refractivity contribution >= 4 is 10.8 Å². The van der Waals surface area contributed by atoms with Gasteiger partial charge in [-0.1, -0.05) is 135 Å². The molecule has 0 N–H and O–H groups in total. The van der Waals surface area contributed by atoms with Crippen molar-refractivity contribution in [2.45, 2.75) is 68.6 Å². The molecule has 41 heavy (non-hydrogen) atoms. The fraction of sp³-hybridized carbons (Fsp3) is 0.317. The largest absolute Gasteiger partial charge is 0.0845 e. The zero-order chi connectivity index (χ0) is 27.5. The maximum atomic E-state index is 2.47. The van der Waals surface area contributed by atoms with Crippen molar-refractivity contribution in [1.82, 2.24) is 0 Å². The van der Waals surface area contributed by atoms with Crippen molar-refractivity contribution in [3.8, 4) is 0 Å². The lowest BCUT2D eigenvalue weighted by molar-refractivity contribution is 0.532. The fourth-order valence-electron chi connectivity index (χ4n) is 9.32. The van der Waals surface area contributed by atoms with E-state index in [0.717, 1.165) is 47.3 Å². The molecular weight excluding hydrogens is 492 g/mol. The molecule has 0 amide bonds. The van der Waals surface area contributed by atoms with Crippen LogP contribution in [-0.4, -0.2) is 0 Å². The highest BCUT2D eigenvalue weighted by molar-refractivity contribution is 5.93. The molecule has 6 bridgehead atoms. The van der Waals surface area contributed by atoms with E-state index < -0.39 is 0 Å². The molecule has 4 aromatic rings. The van der Waals surface area contributed by atoms with Gasteiger partial charge in [0.2, 0.25) is 0 Å². The van der Waals surface area contributed by atoms with Gasteiger partial charge in [-0.15, -0.1) is 0 Å². The predicted molar refractivity (Wildman–Crippen MR) is 173 cm³/mol. The van der Waals surface area contributed by atoms with E-state index in [1.54, 1.807) is 38.8 Å². The van der Waals surface area contributed by atoms with Crippen molar-refractivity contribution < 1.29 is 0 Å². The Morgan fingerprint density at radius 3 is 1.15 bits per heavy atom. The Morgan fingerprint density at radius 1 is 0.390 bits per heavy atom. The lowest BCUT2D eigenvalue weighted by atomic mass is 9.81. The molecule has 4 aromatic carbocycles. The van der Waals surface area contributed by atoms with E-state index in [1.807, 2.05) is 13.8 Å². The van der Waals surface area contributed by atoms with Crippen molar-refractivity contribution in [3.05, 3.63) is 155 Å². The van der Waals surface area contributed by atoms with E-state index in [1.165, 1.54) is 24.6 Å². The smallest absolute Gasteiger partial charge is 0.00299 e. The van der Waals surface area contributed by atoms with E-state index in [2.05, 4.69) is 121 Å². The SMILES string of the molecule is C1=CC2CC1C1c3cccc4cccc(c34)C21.C1=CC2CC1c1ccccc12.C1=CC2CC1c1ccccc12.CC. The van der Waals surface area contributed by atoms with Gasteiger partial charge in [-0.25, -0.2) is 0 Å². The normalized spacial score (nSPS) is 31.6. The first kappa shape index (κ1) is 25.1. The van der Waals surface area contributed by atoms with Crippen LogP contribution >= 0.6 is 0 Å². The summed E-state index contributed by atoms with van der Waals surface area (Å²) in [6.07, 6.45) is 18.4. The van der Waals surface area contributed by atoms with Crippen LogP contribution in [0.25, 0.3) is 10.8 Å². The van der Waals surface area contributed by atoms with Gasteiger partial charge >= 0.3 is 0 Å². The van der Waals surface area contributed by atoms with Crippen LogP contribution in [0.15, 0.2) is 121 Å². The minimum atomic E-state index is 0.746. The van der Waals surface area contributed by atoms with Crippen LogP contribution in [0, 0.1) is 11.8 Å². The van der Waals surface area contributed by atoms with E-state index in [-0.39, 0.29) is 0 Å². The second kappa shape index (κ2) is 10.0. The highest BCUT2D eigenvalue weighted by Crippen LogP contribution is 2.63.